The predicted octanol–water partition coefficient (Wildman–Crippen LogP) is 1.02. The number of rotatable bonds is 5. The standard InChI is InChI=1S/C15H24N4O3/c1-2-13-16-15(17-22-13)12-4-3-6-18(12)7-5-14(20)19-8-10-21-11-9-19/h12H,2-11H2,1H3/t12-/m0/s1. The smallest absolute Gasteiger partial charge is 0.226 e. The van der Waals surface area contributed by atoms with Crippen molar-refractivity contribution in [3.05, 3.63) is 11.7 Å². The Morgan fingerprint density at radius 1 is 1.32 bits per heavy atom. The molecule has 0 aromatic carbocycles. The fraction of sp³-hybridized carbons (Fsp3) is 0.800. The van der Waals surface area contributed by atoms with Gasteiger partial charge in [0.1, 0.15) is 0 Å². The van der Waals surface area contributed by atoms with Crippen LogP contribution in [0.15, 0.2) is 4.52 Å². The molecule has 0 bridgehead atoms. The minimum atomic E-state index is 0.196. The van der Waals surface area contributed by atoms with Crippen LogP contribution in [0.2, 0.25) is 0 Å². The lowest BCUT2D eigenvalue weighted by Gasteiger charge is -2.28. The largest absolute Gasteiger partial charge is 0.378 e. The van der Waals surface area contributed by atoms with Crippen molar-refractivity contribution in [1.82, 2.24) is 19.9 Å². The molecular formula is C15H24N4O3. The monoisotopic (exact) mass is 308 g/mol. The maximum Gasteiger partial charge on any atom is 0.226 e. The zero-order valence-corrected chi connectivity index (χ0v) is 13.2. The SMILES string of the molecule is CCc1nc([C@@H]2CCCN2CCC(=O)N2CCOCC2)no1. The van der Waals surface area contributed by atoms with E-state index in [1.165, 1.54) is 0 Å². The lowest BCUT2D eigenvalue weighted by molar-refractivity contribution is -0.135. The van der Waals surface area contributed by atoms with Crippen molar-refractivity contribution in [2.75, 3.05) is 39.4 Å². The molecule has 7 nitrogen and oxygen atoms in total. The maximum absolute atomic E-state index is 12.2. The molecule has 0 N–H and O–H groups in total. The van der Waals surface area contributed by atoms with Gasteiger partial charge in [0.2, 0.25) is 11.8 Å². The van der Waals surface area contributed by atoms with Crippen LogP contribution in [0.1, 0.15) is 43.9 Å². The van der Waals surface area contributed by atoms with Gasteiger partial charge in [-0.2, -0.15) is 4.98 Å². The summed E-state index contributed by atoms with van der Waals surface area (Å²) >= 11 is 0. The number of morpholine rings is 1. The Bertz CT molecular complexity index is 499. The Morgan fingerprint density at radius 3 is 2.86 bits per heavy atom. The molecule has 1 aromatic heterocycles. The van der Waals surface area contributed by atoms with Crippen LogP contribution in [-0.2, 0) is 16.0 Å². The van der Waals surface area contributed by atoms with Crippen molar-refractivity contribution in [2.24, 2.45) is 0 Å². The van der Waals surface area contributed by atoms with Gasteiger partial charge < -0.3 is 14.2 Å². The molecule has 3 rings (SSSR count). The van der Waals surface area contributed by atoms with Gasteiger partial charge in [-0.3, -0.25) is 9.69 Å². The van der Waals surface area contributed by atoms with E-state index in [0.29, 0.717) is 38.6 Å². The second-order valence-corrected chi connectivity index (χ2v) is 5.84. The van der Waals surface area contributed by atoms with E-state index in [1.807, 2.05) is 11.8 Å². The summed E-state index contributed by atoms with van der Waals surface area (Å²) in [7, 11) is 0. The van der Waals surface area contributed by atoms with E-state index in [0.717, 1.165) is 38.2 Å². The molecular weight excluding hydrogens is 284 g/mol. The van der Waals surface area contributed by atoms with E-state index in [2.05, 4.69) is 15.0 Å². The van der Waals surface area contributed by atoms with E-state index < -0.39 is 0 Å². The van der Waals surface area contributed by atoms with Gasteiger partial charge in [0.05, 0.1) is 19.3 Å². The third-order valence-corrected chi connectivity index (χ3v) is 4.42. The van der Waals surface area contributed by atoms with Crippen molar-refractivity contribution >= 4 is 5.91 Å². The molecule has 2 aliphatic heterocycles. The number of carbonyl (C=O) groups excluding carboxylic acids is 1. The molecule has 1 amide bonds. The van der Waals surface area contributed by atoms with E-state index in [4.69, 9.17) is 9.26 Å². The Kier molecular flexibility index (Phi) is 5.04. The summed E-state index contributed by atoms with van der Waals surface area (Å²) in [4.78, 5) is 20.9. The van der Waals surface area contributed by atoms with Crippen molar-refractivity contribution in [1.29, 1.82) is 0 Å². The van der Waals surface area contributed by atoms with E-state index >= 15 is 0 Å². The topological polar surface area (TPSA) is 71.7 Å². The van der Waals surface area contributed by atoms with Gasteiger partial charge in [-0.25, -0.2) is 0 Å². The summed E-state index contributed by atoms with van der Waals surface area (Å²) in [6, 6.07) is 0.196. The summed E-state index contributed by atoms with van der Waals surface area (Å²) in [5, 5.41) is 4.10. The first-order chi connectivity index (χ1) is 10.8. The molecule has 2 fully saturated rings. The van der Waals surface area contributed by atoms with E-state index in [9.17, 15) is 4.79 Å². The average Bonchev–Trinajstić information content (AvgIpc) is 3.21. The molecule has 0 unspecified atom stereocenters. The van der Waals surface area contributed by atoms with Gasteiger partial charge in [0.25, 0.3) is 0 Å². The van der Waals surface area contributed by atoms with Crippen molar-refractivity contribution in [3.63, 3.8) is 0 Å². The number of hydrogen-bond donors (Lipinski definition) is 0. The lowest BCUT2D eigenvalue weighted by atomic mass is 10.2. The van der Waals surface area contributed by atoms with Crippen LogP contribution in [0.3, 0.4) is 0 Å². The van der Waals surface area contributed by atoms with Gasteiger partial charge in [-0.05, 0) is 19.4 Å². The van der Waals surface area contributed by atoms with Gasteiger partial charge in [-0.1, -0.05) is 12.1 Å². The van der Waals surface area contributed by atoms with Crippen LogP contribution in [0.25, 0.3) is 0 Å². The number of likely N-dealkylation sites (tertiary alicyclic amines) is 1. The molecule has 2 aliphatic rings. The van der Waals surface area contributed by atoms with E-state index in [1.54, 1.807) is 0 Å². The molecule has 0 spiro atoms. The zero-order valence-electron chi connectivity index (χ0n) is 13.2. The van der Waals surface area contributed by atoms with Crippen LogP contribution in [0.4, 0.5) is 0 Å². The number of nitrogens with zero attached hydrogens (tertiary/aromatic N) is 4. The zero-order chi connectivity index (χ0) is 15.4. The summed E-state index contributed by atoms with van der Waals surface area (Å²) in [6.07, 6.45) is 3.46. The Morgan fingerprint density at radius 2 is 2.14 bits per heavy atom. The van der Waals surface area contributed by atoms with Crippen LogP contribution < -0.4 is 0 Å². The molecule has 1 aromatic rings. The minimum absolute atomic E-state index is 0.196. The minimum Gasteiger partial charge on any atom is -0.378 e. The van der Waals surface area contributed by atoms with Crippen molar-refractivity contribution in [3.8, 4) is 0 Å². The second-order valence-electron chi connectivity index (χ2n) is 5.84. The summed E-state index contributed by atoms with van der Waals surface area (Å²) in [6.45, 7) is 6.50. The number of ether oxygens (including phenoxy) is 1. The summed E-state index contributed by atoms with van der Waals surface area (Å²) in [5.74, 6) is 1.68. The van der Waals surface area contributed by atoms with Crippen molar-refractivity contribution in [2.45, 2.75) is 38.6 Å². The highest BCUT2D eigenvalue weighted by molar-refractivity contribution is 5.76. The highest BCUT2D eigenvalue weighted by Crippen LogP contribution is 2.30. The molecule has 0 saturated carbocycles. The number of hydrogen-bond acceptors (Lipinski definition) is 6. The highest BCUT2D eigenvalue weighted by Gasteiger charge is 2.30. The molecule has 0 radical (unpaired) electrons. The average molecular weight is 308 g/mol. The van der Waals surface area contributed by atoms with Crippen molar-refractivity contribution < 1.29 is 14.1 Å². The van der Waals surface area contributed by atoms with Gasteiger partial charge in [0.15, 0.2) is 5.82 Å². The number of carbonyl (C=O) groups is 1. The first-order valence-corrected chi connectivity index (χ1v) is 8.20. The molecule has 3 heterocycles. The number of amides is 1. The third kappa shape index (κ3) is 3.47. The fourth-order valence-corrected chi connectivity index (χ4v) is 3.14. The normalized spacial score (nSPS) is 23.1. The van der Waals surface area contributed by atoms with Crippen LogP contribution in [0, 0.1) is 0 Å². The number of aryl methyl sites for hydroxylation is 1. The summed E-state index contributed by atoms with van der Waals surface area (Å²) < 4.78 is 10.5. The molecule has 122 valence electrons. The van der Waals surface area contributed by atoms with Gasteiger partial charge in [0, 0.05) is 32.5 Å². The molecule has 0 aliphatic carbocycles. The Labute approximate surface area is 130 Å². The molecule has 1 atom stereocenters. The molecule has 2 saturated heterocycles. The third-order valence-electron chi connectivity index (χ3n) is 4.42. The Balaban J connectivity index is 1.53. The number of aromatic nitrogens is 2. The predicted molar refractivity (Wildman–Crippen MR) is 79.2 cm³/mol. The van der Waals surface area contributed by atoms with Crippen LogP contribution in [0.5, 0.6) is 0 Å². The second kappa shape index (κ2) is 7.19. The van der Waals surface area contributed by atoms with Crippen LogP contribution >= 0.6 is 0 Å². The lowest BCUT2D eigenvalue weighted by Crippen LogP contribution is -2.42. The van der Waals surface area contributed by atoms with Crippen LogP contribution in [-0.4, -0.2) is 65.2 Å². The first-order valence-electron chi connectivity index (χ1n) is 8.20. The highest BCUT2D eigenvalue weighted by atomic mass is 16.5. The Hall–Kier alpha value is -1.47. The first kappa shape index (κ1) is 15.4. The van der Waals surface area contributed by atoms with Gasteiger partial charge >= 0.3 is 0 Å². The molecule has 22 heavy (non-hydrogen) atoms. The van der Waals surface area contributed by atoms with Gasteiger partial charge in [-0.15, -0.1) is 0 Å². The van der Waals surface area contributed by atoms with E-state index in [-0.39, 0.29) is 11.9 Å². The summed E-state index contributed by atoms with van der Waals surface area (Å²) in [5.41, 5.74) is 0. The fourth-order valence-electron chi connectivity index (χ4n) is 3.14. The quantitative estimate of drug-likeness (QED) is 0.808. The molecule has 7 heteroatoms. The maximum atomic E-state index is 12.2.